The third-order valence-electron chi connectivity index (χ3n) is 5.11. The SMILES string of the molecule is CCOc1ccc(N=C(NN=Cc2ccc(OCCC(C)C)cc2)c2nc3ccccc3s2)cc1. The van der Waals surface area contributed by atoms with Gasteiger partial charge in [-0.1, -0.05) is 26.0 Å². The van der Waals surface area contributed by atoms with Crippen LogP contribution in [-0.4, -0.2) is 30.2 Å². The topological polar surface area (TPSA) is 68.1 Å². The van der Waals surface area contributed by atoms with E-state index in [0.717, 1.165) is 51.0 Å². The van der Waals surface area contributed by atoms with Crippen molar-refractivity contribution in [1.29, 1.82) is 0 Å². The Morgan fingerprint density at radius 2 is 1.69 bits per heavy atom. The van der Waals surface area contributed by atoms with Crippen molar-refractivity contribution in [3.8, 4) is 11.5 Å². The van der Waals surface area contributed by atoms with E-state index in [2.05, 4.69) is 30.4 Å². The molecule has 0 atom stereocenters. The molecule has 0 aliphatic carbocycles. The first-order valence-corrected chi connectivity index (χ1v) is 12.6. The molecule has 0 bridgehead atoms. The Morgan fingerprint density at radius 3 is 2.40 bits per heavy atom. The first-order valence-electron chi connectivity index (χ1n) is 11.8. The van der Waals surface area contributed by atoms with Gasteiger partial charge >= 0.3 is 0 Å². The number of amidine groups is 1. The predicted molar refractivity (Wildman–Crippen MR) is 146 cm³/mol. The fourth-order valence-corrected chi connectivity index (χ4v) is 4.14. The molecule has 0 radical (unpaired) electrons. The van der Waals surface area contributed by atoms with Gasteiger partial charge in [0.15, 0.2) is 10.8 Å². The normalized spacial score (nSPS) is 11.9. The fourth-order valence-electron chi connectivity index (χ4n) is 3.24. The van der Waals surface area contributed by atoms with Crippen molar-refractivity contribution in [3.63, 3.8) is 0 Å². The van der Waals surface area contributed by atoms with Gasteiger partial charge in [-0.25, -0.2) is 9.98 Å². The molecule has 0 saturated carbocycles. The van der Waals surface area contributed by atoms with Crippen LogP contribution in [0.25, 0.3) is 10.2 Å². The molecule has 4 aromatic rings. The molecule has 180 valence electrons. The lowest BCUT2D eigenvalue weighted by atomic mass is 10.1. The second-order valence-corrected chi connectivity index (χ2v) is 9.37. The Kier molecular flexibility index (Phi) is 8.46. The Bertz CT molecular complexity index is 1250. The summed E-state index contributed by atoms with van der Waals surface area (Å²) in [5.74, 6) is 2.89. The highest BCUT2D eigenvalue weighted by Crippen LogP contribution is 2.24. The average molecular weight is 487 g/mol. The van der Waals surface area contributed by atoms with Gasteiger partial charge in [0.2, 0.25) is 0 Å². The van der Waals surface area contributed by atoms with Crippen molar-refractivity contribution < 1.29 is 9.47 Å². The first kappa shape index (κ1) is 24.4. The molecule has 0 amide bonds. The van der Waals surface area contributed by atoms with Crippen molar-refractivity contribution >= 4 is 39.3 Å². The van der Waals surface area contributed by atoms with E-state index in [-0.39, 0.29) is 0 Å². The van der Waals surface area contributed by atoms with Crippen LogP contribution in [0.3, 0.4) is 0 Å². The quantitative estimate of drug-likeness (QED) is 0.152. The summed E-state index contributed by atoms with van der Waals surface area (Å²) in [7, 11) is 0. The molecule has 0 fully saturated rings. The summed E-state index contributed by atoms with van der Waals surface area (Å²) < 4.78 is 12.4. The maximum Gasteiger partial charge on any atom is 0.183 e. The lowest BCUT2D eigenvalue weighted by Crippen LogP contribution is -2.18. The second-order valence-electron chi connectivity index (χ2n) is 8.34. The predicted octanol–water partition coefficient (Wildman–Crippen LogP) is 6.82. The number of para-hydroxylation sites is 1. The number of nitrogens with one attached hydrogen (secondary N) is 1. The van der Waals surface area contributed by atoms with Gasteiger partial charge in [-0.3, -0.25) is 5.43 Å². The number of rotatable bonds is 10. The van der Waals surface area contributed by atoms with Gasteiger partial charge in [0.1, 0.15) is 11.5 Å². The number of thiazole rings is 1. The molecule has 1 N–H and O–H groups in total. The van der Waals surface area contributed by atoms with Gasteiger partial charge < -0.3 is 9.47 Å². The highest BCUT2D eigenvalue weighted by Gasteiger charge is 2.10. The van der Waals surface area contributed by atoms with Crippen molar-refractivity contribution in [2.45, 2.75) is 27.2 Å². The van der Waals surface area contributed by atoms with E-state index in [9.17, 15) is 0 Å². The van der Waals surface area contributed by atoms with Gasteiger partial charge in [-0.05, 0) is 85.5 Å². The monoisotopic (exact) mass is 486 g/mol. The Balaban J connectivity index is 1.51. The lowest BCUT2D eigenvalue weighted by Gasteiger charge is -2.08. The van der Waals surface area contributed by atoms with Crippen molar-refractivity contribution in [2.75, 3.05) is 13.2 Å². The van der Waals surface area contributed by atoms with Gasteiger partial charge in [-0.2, -0.15) is 5.10 Å². The minimum absolute atomic E-state index is 0.584. The molecule has 0 unspecified atom stereocenters. The number of hydrazone groups is 1. The molecule has 4 rings (SSSR count). The number of benzene rings is 3. The van der Waals surface area contributed by atoms with Crippen LogP contribution in [0.1, 0.15) is 37.8 Å². The van der Waals surface area contributed by atoms with Crippen LogP contribution in [0.15, 0.2) is 82.9 Å². The van der Waals surface area contributed by atoms with Crippen LogP contribution in [0.5, 0.6) is 11.5 Å². The van der Waals surface area contributed by atoms with E-state index in [1.54, 1.807) is 17.6 Å². The zero-order valence-electron chi connectivity index (χ0n) is 20.3. The van der Waals surface area contributed by atoms with Crippen LogP contribution in [0, 0.1) is 5.92 Å². The molecule has 0 saturated heterocycles. The molecule has 3 aromatic carbocycles. The first-order chi connectivity index (χ1) is 17.1. The van der Waals surface area contributed by atoms with Crippen LogP contribution >= 0.6 is 11.3 Å². The third-order valence-corrected chi connectivity index (χ3v) is 6.16. The summed E-state index contributed by atoms with van der Waals surface area (Å²) in [4.78, 5) is 9.53. The molecular formula is C28H30N4O2S. The molecule has 1 heterocycles. The Labute approximate surface area is 210 Å². The minimum atomic E-state index is 0.584. The number of hydrogen-bond acceptors (Lipinski definition) is 6. The number of aliphatic imine (C=N–C) groups is 1. The van der Waals surface area contributed by atoms with E-state index in [0.29, 0.717) is 18.4 Å². The van der Waals surface area contributed by atoms with E-state index in [1.165, 1.54) is 0 Å². The molecule has 7 heteroatoms. The summed E-state index contributed by atoms with van der Waals surface area (Å²) in [6, 6.07) is 23.6. The van der Waals surface area contributed by atoms with Crippen LogP contribution < -0.4 is 14.9 Å². The van der Waals surface area contributed by atoms with E-state index < -0.39 is 0 Å². The largest absolute Gasteiger partial charge is 0.494 e. The number of hydrogen-bond donors (Lipinski definition) is 1. The third kappa shape index (κ3) is 7.13. The van der Waals surface area contributed by atoms with Gasteiger partial charge in [0.25, 0.3) is 0 Å². The lowest BCUT2D eigenvalue weighted by molar-refractivity contribution is 0.289. The highest BCUT2D eigenvalue weighted by molar-refractivity contribution is 7.20. The van der Waals surface area contributed by atoms with E-state index in [4.69, 9.17) is 19.5 Å². The molecule has 0 spiro atoms. The molecule has 0 aliphatic rings. The molecular weight excluding hydrogens is 456 g/mol. The zero-order chi connectivity index (χ0) is 24.5. The Hall–Kier alpha value is -3.71. The molecule has 6 nitrogen and oxygen atoms in total. The minimum Gasteiger partial charge on any atom is -0.494 e. The van der Waals surface area contributed by atoms with Crippen molar-refractivity contribution in [3.05, 3.63) is 83.4 Å². The van der Waals surface area contributed by atoms with Crippen LogP contribution in [0.2, 0.25) is 0 Å². The maximum absolute atomic E-state index is 5.80. The van der Waals surface area contributed by atoms with Crippen molar-refractivity contribution in [2.24, 2.45) is 16.0 Å². The maximum atomic E-state index is 5.80. The molecule has 1 aromatic heterocycles. The zero-order valence-corrected chi connectivity index (χ0v) is 21.1. The number of ether oxygens (including phenoxy) is 2. The highest BCUT2D eigenvalue weighted by atomic mass is 32.1. The van der Waals surface area contributed by atoms with Crippen LogP contribution in [0.4, 0.5) is 5.69 Å². The van der Waals surface area contributed by atoms with Crippen LogP contribution in [-0.2, 0) is 0 Å². The number of aromatic nitrogens is 1. The van der Waals surface area contributed by atoms with Gasteiger partial charge in [-0.15, -0.1) is 11.3 Å². The summed E-state index contributed by atoms with van der Waals surface area (Å²) in [6.45, 7) is 7.70. The second kappa shape index (κ2) is 12.1. The fraction of sp³-hybridized carbons (Fsp3) is 0.250. The van der Waals surface area contributed by atoms with E-state index >= 15 is 0 Å². The summed E-state index contributed by atoms with van der Waals surface area (Å²) in [5.41, 5.74) is 5.78. The van der Waals surface area contributed by atoms with Gasteiger partial charge in [0.05, 0.1) is 35.3 Å². The average Bonchev–Trinajstić information content (AvgIpc) is 3.30. The summed E-state index contributed by atoms with van der Waals surface area (Å²) in [6.07, 6.45) is 2.80. The number of nitrogens with zero attached hydrogens (tertiary/aromatic N) is 3. The van der Waals surface area contributed by atoms with Crippen molar-refractivity contribution in [1.82, 2.24) is 10.4 Å². The summed E-state index contributed by atoms with van der Waals surface area (Å²) >= 11 is 1.57. The molecule has 35 heavy (non-hydrogen) atoms. The molecule has 0 aliphatic heterocycles. The smallest absolute Gasteiger partial charge is 0.183 e. The standard InChI is InChI=1S/C28H30N4O2S/c1-4-33-23-15-11-22(12-16-23)30-27(28-31-25-7-5-6-8-26(25)35-28)32-29-19-21-9-13-24(14-10-21)34-18-17-20(2)3/h5-16,19-20H,4,17-18H2,1-3H3,(H,30,32). The summed E-state index contributed by atoms with van der Waals surface area (Å²) in [5, 5.41) is 5.21. The Morgan fingerprint density at radius 1 is 0.971 bits per heavy atom. The van der Waals surface area contributed by atoms with Gasteiger partial charge in [0, 0.05) is 0 Å². The van der Waals surface area contributed by atoms with E-state index in [1.807, 2.05) is 73.7 Å². The number of fused-ring (bicyclic) bond motifs is 1.